The third kappa shape index (κ3) is 7.04. The topological polar surface area (TPSA) is 45.7 Å². The van der Waals surface area contributed by atoms with Crippen LogP contribution in [0.3, 0.4) is 0 Å². The van der Waals surface area contributed by atoms with Crippen LogP contribution < -0.4 is 15.4 Å². The Morgan fingerprint density at radius 1 is 1.29 bits per heavy atom. The minimum atomic E-state index is -0.296. The predicted octanol–water partition coefficient (Wildman–Crippen LogP) is 3.85. The van der Waals surface area contributed by atoms with E-state index in [-0.39, 0.29) is 29.8 Å². The first-order valence-corrected chi connectivity index (χ1v) is 8.43. The van der Waals surface area contributed by atoms with Crippen molar-refractivity contribution in [1.29, 1.82) is 0 Å². The third-order valence-corrected chi connectivity index (χ3v) is 4.39. The van der Waals surface area contributed by atoms with Crippen molar-refractivity contribution in [3.63, 3.8) is 0 Å². The van der Waals surface area contributed by atoms with Crippen molar-refractivity contribution in [3.8, 4) is 5.75 Å². The van der Waals surface area contributed by atoms with Gasteiger partial charge in [-0.25, -0.2) is 4.39 Å². The molecule has 0 saturated carbocycles. The van der Waals surface area contributed by atoms with Gasteiger partial charge in [-0.05, 0) is 23.6 Å². The number of hydrogen-bond acceptors (Lipinski definition) is 3. The van der Waals surface area contributed by atoms with Crippen molar-refractivity contribution in [2.75, 3.05) is 26.7 Å². The molecule has 0 spiro atoms. The molecule has 0 aliphatic heterocycles. The number of halogens is 2. The van der Waals surface area contributed by atoms with E-state index < -0.39 is 0 Å². The molecule has 1 aromatic heterocycles. The van der Waals surface area contributed by atoms with Gasteiger partial charge in [-0.3, -0.25) is 4.99 Å². The van der Waals surface area contributed by atoms with Crippen molar-refractivity contribution < 1.29 is 9.13 Å². The lowest BCUT2D eigenvalue weighted by molar-refractivity contribution is 0.320. The summed E-state index contributed by atoms with van der Waals surface area (Å²) in [5.74, 6) is 1.39. The van der Waals surface area contributed by atoms with Crippen LogP contribution in [0.4, 0.5) is 4.39 Å². The summed E-state index contributed by atoms with van der Waals surface area (Å²) in [5, 5.41) is 8.56. The summed E-state index contributed by atoms with van der Waals surface area (Å²) in [6, 6.07) is 10.3. The van der Waals surface area contributed by atoms with Crippen molar-refractivity contribution in [1.82, 2.24) is 10.6 Å². The largest absolute Gasteiger partial charge is 0.492 e. The molecule has 1 atom stereocenters. The summed E-state index contributed by atoms with van der Waals surface area (Å²) in [6.45, 7) is 4.01. The van der Waals surface area contributed by atoms with Crippen LogP contribution in [0.5, 0.6) is 5.75 Å². The SMILES string of the molecule is CN=C(NCCOc1cccc(F)c1)NCC(C)c1cccs1.I. The Hall–Kier alpha value is -1.35. The monoisotopic (exact) mass is 463 g/mol. The van der Waals surface area contributed by atoms with E-state index in [1.54, 1.807) is 30.5 Å². The molecule has 0 saturated heterocycles. The van der Waals surface area contributed by atoms with Gasteiger partial charge >= 0.3 is 0 Å². The van der Waals surface area contributed by atoms with Gasteiger partial charge in [0.1, 0.15) is 18.2 Å². The second-order valence-electron chi connectivity index (χ2n) is 5.10. The molecule has 132 valence electrons. The Balaban J connectivity index is 0.00000288. The number of ether oxygens (including phenoxy) is 1. The van der Waals surface area contributed by atoms with Crippen LogP contribution in [0, 0.1) is 5.82 Å². The summed E-state index contributed by atoms with van der Waals surface area (Å²) in [6.07, 6.45) is 0. The normalized spacial score (nSPS) is 12.2. The van der Waals surface area contributed by atoms with E-state index in [0.717, 1.165) is 12.5 Å². The average Bonchev–Trinajstić information content (AvgIpc) is 3.08. The van der Waals surface area contributed by atoms with Crippen LogP contribution in [0.1, 0.15) is 17.7 Å². The number of guanidine groups is 1. The molecule has 1 heterocycles. The van der Waals surface area contributed by atoms with Crippen molar-refractivity contribution in [2.24, 2.45) is 4.99 Å². The van der Waals surface area contributed by atoms with Gasteiger partial charge in [0.25, 0.3) is 0 Å². The molecular weight excluding hydrogens is 440 g/mol. The lowest BCUT2D eigenvalue weighted by atomic mass is 10.1. The highest BCUT2D eigenvalue weighted by molar-refractivity contribution is 14.0. The van der Waals surface area contributed by atoms with Gasteiger partial charge in [0.05, 0.1) is 6.54 Å². The third-order valence-electron chi connectivity index (χ3n) is 3.29. The maximum Gasteiger partial charge on any atom is 0.191 e. The Labute approximate surface area is 163 Å². The Morgan fingerprint density at radius 3 is 2.79 bits per heavy atom. The molecule has 0 amide bonds. The maximum absolute atomic E-state index is 13.0. The molecule has 2 aromatic rings. The molecule has 4 nitrogen and oxygen atoms in total. The van der Waals surface area contributed by atoms with Crippen molar-refractivity contribution in [3.05, 3.63) is 52.5 Å². The van der Waals surface area contributed by atoms with E-state index in [2.05, 4.69) is 40.1 Å². The Kier molecular flexibility index (Phi) is 9.70. The van der Waals surface area contributed by atoms with Gasteiger partial charge in [0.2, 0.25) is 0 Å². The first-order chi connectivity index (χ1) is 11.2. The minimum absolute atomic E-state index is 0. The molecule has 0 radical (unpaired) electrons. The first-order valence-electron chi connectivity index (χ1n) is 7.55. The van der Waals surface area contributed by atoms with Gasteiger partial charge in [-0.15, -0.1) is 35.3 Å². The molecule has 7 heteroatoms. The van der Waals surface area contributed by atoms with Gasteiger partial charge in [0, 0.05) is 30.5 Å². The highest BCUT2D eigenvalue weighted by Gasteiger charge is 2.07. The van der Waals surface area contributed by atoms with E-state index in [4.69, 9.17) is 4.74 Å². The number of rotatable bonds is 7. The number of nitrogens with zero attached hydrogens (tertiary/aromatic N) is 1. The van der Waals surface area contributed by atoms with Gasteiger partial charge < -0.3 is 15.4 Å². The molecule has 2 N–H and O–H groups in total. The zero-order valence-electron chi connectivity index (χ0n) is 13.8. The average molecular weight is 463 g/mol. The standard InChI is InChI=1S/C17H22FN3OS.HI/c1-13(16-7-4-10-23-16)12-21-17(19-2)20-8-9-22-15-6-3-5-14(18)11-15;/h3-7,10-11,13H,8-9,12H2,1-2H3,(H2,19,20,21);1H. The molecule has 0 fully saturated rings. The number of thiophene rings is 1. The van der Waals surface area contributed by atoms with Crippen molar-refractivity contribution >= 4 is 41.3 Å². The molecule has 2 rings (SSSR count). The van der Waals surface area contributed by atoms with E-state index in [1.165, 1.54) is 17.0 Å². The van der Waals surface area contributed by atoms with E-state index in [0.29, 0.717) is 24.8 Å². The highest BCUT2D eigenvalue weighted by atomic mass is 127. The Morgan fingerprint density at radius 2 is 2.12 bits per heavy atom. The Bertz CT molecular complexity index is 622. The molecule has 0 aliphatic carbocycles. The predicted molar refractivity (Wildman–Crippen MR) is 109 cm³/mol. The van der Waals surface area contributed by atoms with Crippen LogP contribution in [-0.2, 0) is 0 Å². The van der Waals surface area contributed by atoms with Crippen molar-refractivity contribution in [2.45, 2.75) is 12.8 Å². The maximum atomic E-state index is 13.0. The zero-order valence-corrected chi connectivity index (χ0v) is 16.9. The summed E-state index contributed by atoms with van der Waals surface area (Å²) in [7, 11) is 1.73. The van der Waals surface area contributed by atoms with Crippen LogP contribution >= 0.6 is 35.3 Å². The van der Waals surface area contributed by atoms with Gasteiger partial charge in [-0.1, -0.05) is 19.1 Å². The molecular formula is C17H23FIN3OS. The number of aliphatic imine (C=N–C) groups is 1. The second-order valence-corrected chi connectivity index (χ2v) is 6.08. The fourth-order valence-corrected chi connectivity index (χ4v) is 2.82. The van der Waals surface area contributed by atoms with E-state index in [1.807, 2.05) is 0 Å². The second kappa shape index (κ2) is 11.2. The molecule has 24 heavy (non-hydrogen) atoms. The molecule has 0 aliphatic rings. The number of hydrogen-bond donors (Lipinski definition) is 2. The van der Waals surface area contributed by atoms with Crippen LogP contribution in [0.25, 0.3) is 0 Å². The summed E-state index contributed by atoms with van der Waals surface area (Å²) >= 11 is 1.76. The number of nitrogens with one attached hydrogen (secondary N) is 2. The lowest BCUT2D eigenvalue weighted by Crippen LogP contribution is -2.40. The van der Waals surface area contributed by atoms with Gasteiger partial charge in [0.15, 0.2) is 5.96 Å². The van der Waals surface area contributed by atoms with E-state index >= 15 is 0 Å². The van der Waals surface area contributed by atoms with Crippen LogP contribution in [-0.4, -0.2) is 32.7 Å². The first kappa shape index (κ1) is 20.7. The summed E-state index contributed by atoms with van der Waals surface area (Å²) in [4.78, 5) is 5.53. The quantitative estimate of drug-likeness (QED) is 0.284. The number of benzene rings is 1. The van der Waals surface area contributed by atoms with Crippen LogP contribution in [0.15, 0.2) is 46.8 Å². The lowest BCUT2D eigenvalue weighted by Gasteiger charge is -2.15. The van der Waals surface area contributed by atoms with Crippen LogP contribution in [0.2, 0.25) is 0 Å². The highest BCUT2D eigenvalue weighted by Crippen LogP contribution is 2.19. The zero-order chi connectivity index (χ0) is 16.5. The van der Waals surface area contributed by atoms with Gasteiger partial charge in [-0.2, -0.15) is 0 Å². The summed E-state index contributed by atoms with van der Waals surface area (Å²) in [5.41, 5.74) is 0. The van der Waals surface area contributed by atoms with E-state index in [9.17, 15) is 4.39 Å². The minimum Gasteiger partial charge on any atom is -0.492 e. The summed E-state index contributed by atoms with van der Waals surface area (Å²) < 4.78 is 18.5. The molecule has 1 aromatic carbocycles. The fourth-order valence-electron chi connectivity index (χ4n) is 2.04. The smallest absolute Gasteiger partial charge is 0.191 e. The molecule has 0 bridgehead atoms. The molecule has 1 unspecified atom stereocenters. The fraction of sp³-hybridized carbons (Fsp3) is 0.353.